The first-order valence-electron chi connectivity index (χ1n) is 10.9. The van der Waals surface area contributed by atoms with Gasteiger partial charge in [-0.2, -0.15) is 0 Å². The third-order valence-electron chi connectivity index (χ3n) is 5.30. The standard InChI is InChI=1S/C24H31ClN2O5/c1-4-27(5-2)9-12-31-20-8-7-17(13-21(20)29-3)16-26-24(28)18-14-19(25)23-22(15-18)30-10-6-11-32-23/h7-8,13-15H,4-6,9-12,16H2,1-3H3,(H,26,28). The van der Waals surface area contributed by atoms with Gasteiger partial charge in [0, 0.05) is 25.1 Å². The summed E-state index contributed by atoms with van der Waals surface area (Å²) in [6, 6.07) is 8.91. The van der Waals surface area contributed by atoms with Crippen LogP contribution in [0.1, 0.15) is 36.2 Å². The van der Waals surface area contributed by atoms with E-state index in [0.717, 1.165) is 31.6 Å². The number of nitrogens with zero attached hydrogens (tertiary/aromatic N) is 1. The zero-order valence-electron chi connectivity index (χ0n) is 18.9. The predicted molar refractivity (Wildman–Crippen MR) is 125 cm³/mol. The molecule has 0 unspecified atom stereocenters. The highest BCUT2D eigenvalue weighted by Gasteiger charge is 2.18. The lowest BCUT2D eigenvalue weighted by molar-refractivity contribution is 0.0950. The quantitative estimate of drug-likeness (QED) is 0.571. The van der Waals surface area contributed by atoms with Gasteiger partial charge in [-0.25, -0.2) is 0 Å². The highest BCUT2D eigenvalue weighted by Crippen LogP contribution is 2.38. The summed E-state index contributed by atoms with van der Waals surface area (Å²) in [6.07, 6.45) is 0.767. The molecule has 0 saturated carbocycles. The molecule has 0 saturated heterocycles. The van der Waals surface area contributed by atoms with E-state index in [4.69, 9.17) is 30.5 Å². The molecular weight excluding hydrogens is 432 g/mol. The number of nitrogens with one attached hydrogen (secondary N) is 1. The van der Waals surface area contributed by atoms with Crippen molar-refractivity contribution in [2.24, 2.45) is 0 Å². The predicted octanol–water partition coefficient (Wildman–Crippen LogP) is 4.16. The van der Waals surface area contributed by atoms with Crippen LogP contribution in [0.3, 0.4) is 0 Å². The average Bonchev–Trinajstić information content (AvgIpc) is 3.06. The largest absolute Gasteiger partial charge is 0.493 e. The second-order valence-electron chi connectivity index (χ2n) is 7.38. The summed E-state index contributed by atoms with van der Waals surface area (Å²) in [5.41, 5.74) is 1.31. The highest BCUT2D eigenvalue weighted by molar-refractivity contribution is 6.32. The van der Waals surface area contributed by atoms with Crippen molar-refractivity contribution in [2.45, 2.75) is 26.8 Å². The summed E-state index contributed by atoms with van der Waals surface area (Å²) < 4.78 is 22.7. The first-order valence-corrected chi connectivity index (χ1v) is 11.3. The fourth-order valence-corrected chi connectivity index (χ4v) is 3.68. The van der Waals surface area contributed by atoms with E-state index in [-0.39, 0.29) is 5.91 Å². The van der Waals surface area contributed by atoms with Gasteiger partial charge in [-0.3, -0.25) is 4.79 Å². The van der Waals surface area contributed by atoms with Crippen LogP contribution in [0.2, 0.25) is 5.02 Å². The van der Waals surface area contributed by atoms with E-state index in [9.17, 15) is 4.79 Å². The fourth-order valence-electron chi connectivity index (χ4n) is 3.41. The number of amides is 1. The van der Waals surface area contributed by atoms with Gasteiger partial charge in [0.1, 0.15) is 6.61 Å². The maximum Gasteiger partial charge on any atom is 0.251 e. The van der Waals surface area contributed by atoms with Crippen molar-refractivity contribution in [1.82, 2.24) is 10.2 Å². The molecule has 7 nitrogen and oxygen atoms in total. The Morgan fingerprint density at radius 3 is 2.66 bits per heavy atom. The van der Waals surface area contributed by atoms with Crippen LogP contribution in [-0.4, -0.2) is 57.4 Å². The van der Waals surface area contributed by atoms with Crippen LogP contribution in [0.5, 0.6) is 23.0 Å². The molecule has 174 valence electrons. The summed E-state index contributed by atoms with van der Waals surface area (Å²) >= 11 is 6.30. The van der Waals surface area contributed by atoms with Crippen molar-refractivity contribution in [3.8, 4) is 23.0 Å². The number of carbonyl (C=O) groups excluding carboxylic acids is 1. The molecule has 2 aromatic rings. The fraction of sp³-hybridized carbons (Fsp3) is 0.458. The molecule has 0 bridgehead atoms. The molecule has 1 N–H and O–H groups in total. The van der Waals surface area contributed by atoms with E-state index in [2.05, 4.69) is 24.1 Å². The van der Waals surface area contributed by atoms with E-state index in [1.807, 2.05) is 18.2 Å². The summed E-state index contributed by atoms with van der Waals surface area (Å²) in [5.74, 6) is 2.05. The molecule has 0 radical (unpaired) electrons. The average molecular weight is 463 g/mol. The van der Waals surface area contributed by atoms with Crippen LogP contribution in [0.15, 0.2) is 30.3 Å². The number of likely N-dealkylation sites (N-methyl/N-ethyl adjacent to an activating group) is 1. The van der Waals surface area contributed by atoms with Crippen LogP contribution >= 0.6 is 11.6 Å². The maximum absolute atomic E-state index is 12.7. The van der Waals surface area contributed by atoms with Gasteiger partial charge in [0.2, 0.25) is 0 Å². The van der Waals surface area contributed by atoms with Crippen molar-refractivity contribution in [3.63, 3.8) is 0 Å². The number of hydrogen-bond acceptors (Lipinski definition) is 6. The van der Waals surface area contributed by atoms with Crippen molar-refractivity contribution in [2.75, 3.05) is 46.6 Å². The molecule has 0 aromatic heterocycles. The number of fused-ring (bicyclic) bond motifs is 1. The monoisotopic (exact) mass is 462 g/mol. The Hall–Kier alpha value is -2.64. The molecule has 0 atom stereocenters. The Balaban J connectivity index is 1.61. The molecule has 8 heteroatoms. The maximum atomic E-state index is 12.7. The SMILES string of the molecule is CCN(CC)CCOc1ccc(CNC(=O)c2cc(Cl)c3c(c2)OCCCO3)cc1OC. The van der Waals surface area contributed by atoms with Crippen molar-refractivity contribution in [1.29, 1.82) is 0 Å². The van der Waals surface area contributed by atoms with Gasteiger partial charge in [-0.1, -0.05) is 31.5 Å². The number of carbonyl (C=O) groups is 1. The van der Waals surface area contributed by atoms with Crippen LogP contribution in [0.25, 0.3) is 0 Å². The van der Waals surface area contributed by atoms with Crippen LogP contribution in [-0.2, 0) is 6.54 Å². The van der Waals surface area contributed by atoms with Gasteiger partial charge in [0.25, 0.3) is 5.91 Å². The Bertz CT molecular complexity index is 918. The topological polar surface area (TPSA) is 69.3 Å². The molecule has 1 aliphatic heterocycles. The lowest BCUT2D eigenvalue weighted by Gasteiger charge is -2.19. The Morgan fingerprint density at radius 1 is 1.12 bits per heavy atom. The number of rotatable bonds is 10. The summed E-state index contributed by atoms with van der Waals surface area (Å²) in [7, 11) is 1.61. The first-order chi connectivity index (χ1) is 15.5. The molecule has 32 heavy (non-hydrogen) atoms. The zero-order chi connectivity index (χ0) is 22.9. The van der Waals surface area contributed by atoms with Gasteiger partial charge >= 0.3 is 0 Å². The van der Waals surface area contributed by atoms with E-state index in [0.29, 0.717) is 59.9 Å². The molecule has 1 amide bonds. The molecule has 0 aliphatic carbocycles. The molecule has 3 rings (SSSR count). The summed E-state index contributed by atoms with van der Waals surface area (Å²) in [4.78, 5) is 15.0. The Labute approximate surface area is 194 Å². The van der Waals surface area contributed by atoms with Gasteiger partial charge in [-0.15, -0.1) is 0 Å². The highest BCUT2D eigenvalue weighted by atomic mass is 35.5. The normalized spacial score (nSPS) is 12.9. The lowest BCUT2D eigenvalue weighted by atomic mass is 10.1. The Kier molecular flexibility index (Phi) is 8.88. The van der Waals surface area contributed by atoms with Crippen LogP contribution in [0, 0.1) is 0 Å². The zero-order valence-corrected chi connectivity index (χ0v) is 19.7. The molecule has 2 aromatic carbocycles. The van der Waals surface area contributed by atoms with Crippen molar-refractivity contribution in [3.05, 3.63) is 46.5 Å². The number of benzene rings is 2. The van der Waals surface area contributed by atoms with Crippen molar-refractivity contribution < 1.29 is 23.7 Å². The molecule has 0 fully saturated rings. The lowest BCUT2D eigenvalue weighted by Crippen LogP contribution is -2.28. The summed E-state index contributed by atoms with van der Waals surface area (Å²) in [5, 5.41) is 3.28. The van der Waals surface area contributed by atoms with E-state index in [1.54, 1.807) is 19.2 Å². The number of methoxy groups -OCH3 is 1. The third kappa shape index (κ3) is 6.20. The Morgan fingerprint density at radius 2 is 1.91 bits per heavy atom. The molecular formula is C24H31ClN2O5. The first kappa shape index (κ1) is 24.0. The minimum Gasteiger partial charge on any atom is -0.493 e. The van der Waals surface area contributed by atoms with Crippen molar-refractivity contribution >= 4 is 17.5 Å². The van der Waals surface area contributed by atoms with Gasteiger partial charge < -0.3 is 29.2 Å². The molecule has 1 aliphatic rings. The second-order valence-corrected chi connectivity index (χ2v) is 7.79. The minimum atomic E-state index is -0.249. The number of ether oxygens (including phenoxy) is 4. The van der Waals surface area contributed by atoms with E-state index < -0.39 is 0 Å². The second kappa shape index (κ2) is 11.8. The summed E-state index contributed by atoms with van der Waals surface area (Å²) in [6.45, 7) is 9.08. The van der Waals surface area contributed by atoms with Gasteiger partial charge in [0.15, 0.2) is 23.0 Å². The minimum absolute atomic E-state index is 0.249. The number of halogens is 1. The molecule has 0 spiro atoms. The third-order valence-corrected chi connectivity index (χ3v) is 5.59. The van der Waals surface area contributed by atoms with Gasteiger partial charge in [0.05, 0.1) is 25.3 Å². The molecule has 1 heterocycles. The van der Waals surface area contributed by atoms with E-state index >= 15 is 0 Å². The van der Waals surface area contributed by atoms with Crippen LogP contribution in [0.4, 0.5) is 0 Å². The van der Waals surface area contributed by atoms with Crippen LogP contribution < -0.4 is 24.3 Å². The number of hydrogen-bond donors (Lipinski definition) is 1. The van der Waals surface area contributed by atoms with E-state index in [1.165, 1.54) is 0 Å². The smallest absolute Gasteiger partial charge is 0.251 e. The van der Waals surface area contributed by atoms with Gasteiger partial charge in [-0.05, 0) is 42.9 Å².